The van der Waals surface area contributed by atoms with E-state index in [4.69, 9.17) is 5.73 Å². The maximum atomic E-state index is 5.59. The molecule has 0 aliphatic rings. The molecule has 1 heterocycles. The number of hydrogen-bond acceptors (Lipinski definition) is 4. The lowest BCUT2D eigenvalue weighted by atomic mass is 10.2. The van der Waals surface area contributed by atoms with Crippen LogP contribution in [0.2, 0.25) is 0 Å². The standard InChI is InChI=1S/C10H18N4/c1-7(2)5-13-10-9(4-11)6-12-8(3)14-10/h6-7H,4-5,11H2,1-3H3,(H,12,13,14). The lowest BCUT2D eigenvalue weighted by Gasteiger charge is -2.11. The van der Waals surface area contributed by atoms with Gasteiger partial charge in [0.15, 0.2) is 0 Å². The number of nitrogens with one attached hydrogen (secondary N) is 1. The summed E-state index contributed by atoms with van der Waals surface area (Å²) in [6.45, 7) is 7.57. The molecule has 0 atom stereocenters. The van der Waals surface area contributed by atoms with E-state index in [0.29, 0.717) is 12.5 Å². The maximum Gasteiger partial charge on any atom is 0.134 e. The topological polar surface area (TPSA) is 63.8 Å². The van der Waals surface area contributed by atoms with Gasteiger partial charge in [-0.3, -0.25) is 0 Å². The van der Waals surface area contributed by atoms with E-state index in [2.05, 4.69) is 29.1 Å². The SMILES string of the molecule is Cc1ncc(CN)c(NCC(C)C)n1. The Bertz CT molecular complexity index is 296. The first kappa shape index (κ1) is 10.9. The zero-order valence-electron chi connectivity index (χ0n) is 9.04. The van der Waals surface area contributed by atoms with Gasteiger partial charge in [-0.15, -0.1) is 0 Å². The maximum absolute atomic E-state index is 5.59. The molecular weight excluding hydrogens is 176 g/mol. The van der Waals surface area contributed by atoms with Crippen LogP contribution in [0.3, 0.4) is 0 Å². The fraction of sp³-hybridized carbons (Fsp3) is 0.600. The van der Waals surface area contributed by atoms with Crippen molar-refractivity contribution < 1.29 is 0 Å². The van der Waals surface area contributed by atoms with Gasteiger partial charge in [-0.05, 0) is 12.8 Å². The quantitative estimate of drug-likeness (QED) is 0.758. The van der Waals surface area contributed by atoms with E-state index in [1.165, 1.54) is 0 Å². The van der Waals surface area contributed by atoms with E-state index in [9.17, 15) is 0 Å². The van der Waals surface area contributed by atoms with Crippen LogP contribution in [0.5, 0.6) is 0 Å². The summed E-state index contributed by atoms with van der Waals surface area (Å²) in [5.41, 5.74) is 6.56. The third-order valence-electron chi connectivity index (χ3n) is 1.88. The minimum Gasteiger partial charge on any atom is -0.369 e. The molecule has 0 unspecified atom stereocenters. The molecule has 0 amide bonds. The second-order valence-corrected chi connectivity index (χ2v) is 3.77. The van der Waals surface area contributed by atoms with Gasteiger partial charge in [-0.1, -0.05) is 13.8 Å². The van der Waals surface area contributed by atoms with Gasteiger partial charge in [0.2, 0.25) is 0 Å². The van der Waals surface area contributed by atoms with Gasteiger partial charge in [0.1, 0.15) is 11.6 Å². The van der Waals surface area contributed by atoms with Crippen LogP contribution in [-0.4, -0.2) is 16.5 Å². The van der Waals surface area contributed by atoms with Crippen molar-refractivity contribution >= 4 is 5.82 Å². The van der Waals surface area contributed by atoms with E-state index in [1.807, 2.05) is 6.92 Å². The molecule has 0 radical (unpaired) electrons. The monoisotopic (exact) mass is 194 g/mol. The summed E-state index contributed by atoms with van der Waals surface area (Å²) in [4.78, 5) is 8.42. The second-order valence-electron chi connectivity index (χ2n) is 3.77. The van der Waals surface area contributed by atoms with Crippen molar-refractivity contribution in [1.82, 2.24) is 9.97 Å². The Balaban J connectivity index is 2.77. The van der Waals surface area contributed by atoms with Crippen LogP contribution in [-0.2, 0) is 6.54 Å². The molecule has 0 saturated heterocycles. The fourth-order valence-corrected chi connectivity index (χ4v) is 1.10. The minimum atomic E-state index is 0.473. The zero-order valence-corrected chi connectivity index (χ0v) is 9.04. The van der Waals surface area contributed by atoms with Gasteiger partial charge in [-0.25, -0.2) is 9.97 Å². The predicted molar refractivity (Wildman–Crippen MR) is 58.0 cm³/mol. The number of rotatable bonds is 4. The number of aryl methyl sites for hydroxylation is 1. The Kier molecular flexibility index (Phi) is 3.83. The Morgan fingerprint density at radius 2 is 2.21 bits per heavy atom. The lowest BCUT2D eigenvalue weighted by Crippen LogP contribution is -2.13. The smallest absolute Gasteiger partial charge is 0.134 e. The van der Waals surface area contributed by atoms with E-state index in [0.717, 1.165) is 23.8 Å². The molecule has 0 fully saturated rings. The van der Waals surface area contributed by atoms with Gasteiger partial charge in [0.05, 0.1) is 0 Å². The minimum absolute atomic E-state index is 0.473. The summed E-state index contributed by atoms with van der Waals surface area (Å²) >= 11 is 0. The molecule has 78 valence electrons. The number of aromatic nitrogens is 2. The van der Waals surface area contributed by atoms with Crippen LogP contribution in [0.15, 0.2) is 6.20 Å². The normalized spacial score (nSPS) is 10.6. The zero-order chi connectivity index (χ0) is 10.6. The summed E-state index contributed by atoms with van der Waals surface area (Å²) < 4.78 is 0. The van der Waals surface area contributed by atoms with E-state index in [1.54, 1.807) is 6.20 Å². The Morgan fingerprint density at radius 1 is 1.50 bits per heavy atom. The van der Waals surface area contributed by atoms with Crippen LogP contribution in [0.4, 0.5) is 5.82 Å². The lowest BCUT2D eigenvalue weighted by molar-refractivity contribution is 0.685. The summed E-state index contributed by atoms with van der Waals surface area (Å²) in [7, 11) is 0. The second kappa shape index (κ2) is 4.91. The average molecular weight is 194 g/mol. The third kappa shape index (κ3) is 2.96. The van der Waals surface area contributed by atoms with Gasteiger partial charge >= 0.3 is 0 Å². The summed E-state index contributed by atoms with van der Waals surface area (Å²) in [5.74, 6) is 2.23. The van der Waals surface area contributed by atoms with Crippen LogP contribution in [0.1, 0.15) is 25.2 Å². The largest absolute Gasteiger partial charge is 0.369 e. The van der Waals surface area contributed by atoms with E-state index >= 15 is 0 Å². The molecule has 1 rings (SSSR count). The number of nitrogens with two attached hydrogens (primary N) is 1. The Labute approximate surface area is 85.0 Å². The number of nitrogens with zero attached hydrogens (tertiary/aromatic N) is 2. The molecule has 14 heavy (non-hydrogen) atoms. The van der Waals surface area contributed by atoms with Crippen molar-refractivity contribution in [3.63, 3.8) is 0 Å². The van der Waals surface area contributed by atoms with Gasteiger partial charge in [0, 0.05) is 24.8 Å². The predicted octanol–water partition coefficient (Wildman–Crippen LogP) is 1.31. The average Bonchev–Trinajstić information content (AvgIpc) is 2.15. The van der Waals surface area contributed by atoms with Gasteiger partial charge in [-0.2, -0.15) is 0 Å². The molecule has 0 saturated carbocycles. The highest BCUT2D eigenvalue weighted by Crippen LogP contribution is 2.11. The third-order valence-corrected chi connectivity index (χ3v) is 1.88. The van der Waals surface area contributed by atoms with Crippen molar-refractivity contribution in [2.45, 2.75) is 27.3 Å². The molecule has 0 bridgehead atoms. The highest BCUT2D eigenvalue weighted by Gasteiger charge is 2.03. The van der Waals surface area contributed by atoms with Gasteiger partial charge < -0.3 is 11.1 Å². The van der Waals surface area contributed by atoms with Crippen molar-refractivity contribution in [3.05, 3.63) is 17.6 Å². The van der Waals surface area contributed by atoms with E-state index < -0.39 is 0 Å². The van der Waals surface area contributed by atoms with Crippen molar-refractivity contribution in [3.8, 4) is 0 Å². The number of anilines is 1. The van der Waals surface area contributed by atoms with Crippen LogP contribution in [0, 0.1) is 12.8 Å². The molecule has 0 aliphatic carbocycles. The molecular formula is C10H18N4. The Morgan fingerprint density at radius 3 is 2.79 bits per heavy atom. The fourth-order valence-electron chi connectivity index (χ4n) is 1.10. The summed E-state index contributed by atoms with van der Waals surface area (Å²) in [6, 6.07) is 0. The first-order valence-electron chi connectivity index (χ1n) is 4.90. The van der Waals surface area contributed by atoms with Crippen molar-refractivity contribution in [1.29, 1.82) is 0 Å². The molecule has 1 aromatic rings. The summed E-state index contributed by atoms with van der Waals surface area (Å²) in [6.07, 6.45) is 1.78. The molecule has 1 aromatic heterocycles. The van der Waals surface area contributed by atoms with Gasteiger partial charge in [0.25, 0.3) is 0 Å². The highest BCUT2D eigenvalue weighted by molar-refractivity contribution is 5.42. The molecule has 3 N–H and O–H groups in total. The first-order chi connectivity index (χ1) is 6.63. The molecule has 0 aromatic carbocycles. The van der Waals surface area contributed by atoms with Crippen LogP contribution >= 0.6 is 0 Å². The van der Waals surface area contributed by atoms with Crippen LogP contribution in [0.25, 0.3) is 0 Å². The number of hydrogen-bond donors (Lipinski definition) is 2. The highest BCUT2D eigenvalue weighted by atomic mass is 15.0. The molecule has 4 nitrogen and oxygen atoms in total. The van der Waals surface area contributed by atoms with E-state index in [-0.39, 0.29) is 0 Å². The molecule has 0 aliphatic heterocycles. The van der Waals surface area contributed by atoms with Crippen LogP contribution < -0.4 is 11.1 Å². The summed E-state index contributed by atoms with van der Waals surface area (Å²) in [5, 5.41) is 3.27. The molecule has 4 heteroatoms. The van der Waals surface area contributed by atoms with Crippen molar-refractivity contribution in [2.75, 3.05) is 11.9 Å². The Hall–Kier alpha value is -1.16. The van der Waals surface area contributed by atoms with Crippen molar-refractivity contribution in [2.24, 2.45) is 11.7 Å². The first-order valence-corrected chi connectivity index (χ1v) is 4.90. The molecule has 0 spiro atoms.